The molecule has 0 saturated carbocycles. The molecule has 0 aromatic heterocycles. The number of aliphatic hydroxyl groups is 2. The lowest BCUT2D eigenvalue weighted by atomic mass is 9.89. The second kappa shape index (κ2) is 33.5. The Morgan fingerprint density at radius 1 is 0.861 bits per heavy atom. The average Bonchev–Trinajstić information content (AvgIpc) is 3.89. The van der Waals surface area contributed by atoms with Gasteiger partial charge in [0.1, 0.15) is 24.7 Å². The predicted molar refractivity (Wildman–Crippen MR) is 310 cm³/mol. The second-order valence-corrected chi connectivity index (χ2v) is 26.0. The quantitative estimate of drug-likeness (QED) is 0.0324. The summed E-state index contributed by atoms with van der Waals surface area (Å²) in [4.78, 5) is 100. The Bertz CT molecular complexity index is 2140. The number of methoxy groups -OCH3 is 2. The molecule has 79 heavy (non-hydrogen) atoms. The van der Waals surface area contributed by atoms with Crippen LogP contribution in [0, 0.1) is 29.6 Å². The first-order valence-electron chi connectivity index (χ1n) is 28.2. The Labute approximate surface area is 478 Å². The summed E-state index contributed by atoms with van der Waals surface area (Å²) >= 11 is 0. The Morgan fingerprint density at radius 2 is 1.53 bits per heavy atom. The number of benzene rings is 1. The number of hydrogen-bond acceptors (Lipinski definition) is 14. The van der Waals surface area contributed by atoms with Crippen molar-refractivity contribution in [2.75, 3.05) is 47.2 Å². The highest BCUT2D eigenvalue weighted by Gasteiger charge is 2.44. The average molecular weight is 1150 g/mol. The maximum absolute atomic E-state index is 14.7. The van der Waals surface area contributed by atoms with Crippen molar-refractivity contribution in [2.24, 2.45) is 29.6 Å². The van der Waals surface area contributed by atoms with Crippen LogP contribution in [0.5, 0.6) is 0 Å². The van der Waals surface area contributed by atoms with Crippen molar-refractivity contribution >= 4 is 63.2 Å². The van der Waals surface area contributed by atoms with Gasteiger partial charge in [0.25, 0.3) is 0 Å². The van der Waals surface area contributed by atoms with Gasteiger partial charge in [0, 0.05) is 47.0 Å². The van der Waals surface area contributed by atoms with E-state index in [9.17, 15) is 48.9 Å². The summed E-state index contributed by atoms with van der Waals surface area (Å²) in [6.45, 7) is 18.7. The number of allylic oxidation sites excluding steroid dienone is 1. The number of amides is 6. The minimum absolute atomic E-state index is 0.0621. The maximum Gasteiger partial charge on any atom is 0.410 e. The summed E-state index contributed by atoms with van der Waals surface area (Å²) in [5, 5.41) is 39.4. The lowest BCUT2D eigenvalue weighted by Gasteiger charge is -2.41. The fraction of sp³-hybridized carbons (Fsp3) is 0.741. The number of carbonyl (C=O) groups excluding carboxylic acids is 6. The maximum atomic E-state index is 14.7. The van der Waals surface area contributed by atoms with E-state index < -0.39 is 107 Å². The smallest absolute Gasteiger partial charge is 0.410 e. The van der Waals surface area contributed by atoms with Crippen molar-refractivity contribution in [1.29, 1.82) is 0 Å². The highest BCUT2D eigenvalue weighted by molar-refractivity contribution is 8.77. The third-order valence-electron chi connectivity index (χ3n) is 15.5. The van der Waals surface area contributed by atoms with Crippen LogP contribution >= 0.6 is 21.6 Å². The van der Waals surface area contributed by atoms with Gasteiger partial charge in [-0.05, 0) is 95.0 Å². The summed E-state index contributed by atoms with van der Waals surface area (Å²) in [6.07, 6.45) is 6.00. The zero-order valence-corrected chi connectivity index (χ0v) is 51.1. The molecule has 2 aliphatic rings. The molecule has 1 aromatic carbocycles. The largest absolute Gasteiger partial charge is 0.480 e. The Hall–Kier alpha value is -4.41. The predicted octanol–water partition coefficient (Wildman–Crippen LogP) is 7.00. The first-order chi connectivity index (χ1) is 37.2. The van der Waals surface area contributed by atoms with Crippen molar-refractivity contribution in [3.05, 3.63) is 48.0 Å². The van der Waals surface area contributed by atoms with Crippen LogP contribution in [0.1, 0.15) is 145 Å². The Kier molecular flexibility index (Phi) is 29.2. The van der Waals surface area contributed by atoms with E-state index in [2.05, 4.69) is 16.0 Å². The van der Waals surface area contributed by atoms with Crippen LogP contribution in [-0.4, -0.2) is 178 Å². The molecule has 0 bridgehead atoms. The normalized spacial score (nSPS) is 21.1. The van der Waals surface area contributed by atoms with E-state index in [1.54, 1.807) is 62.8 Å². The topological polar surface area (TPSA) is 254 Å². The molecule has 0 spiro atoms. The first kappa shape index (κ1) is 68.9. The highest BCUT2D eigenvalue weighted by Crippen LogP contribution is 2.37. The summed E-state index contributed by atoms with van der Waals surface area (Å²) in [7, 11) is 8.69. The van der Waals surface area contributed by atoms with Gasteiger partial charge >= 0.3 is 12.1 Å². The zero-order valence-electron chi connectivity index (χ0n) is 49.5. The van der Waals surface area contributed by atoms with Gasteiger partial charge in [0.05, 0.1) is 59.6 Å². The van der Waals surface area contributed by atoms with Gasteiger partial charge < -0.3 is 55.3 Å². The number of aliphatic hydroxyl groups excluding tert-OH is 2. The van der Waals surface area contributed by atoms with Gasteiger partial charge in [-0.1, -0.05) is 119 Å². The van der Waals surface area contributed by atoms with Crippen LogP contribution < -0.4 is 16.0 Å². The third-order valence-corrected chi connectivity index (χ3v) is 18.8. The number of likely N-dealkylation sites (tertiary alicyclic amines) is 1. The SMILES string of the molecule is CC[C@H](C)[C@@H]([C@@H](CC(=O)N1CCC[C@H]1[C@H](OC)[C@@H](C)C(=O)N[C@H](C)[C@@H](O)c1ccccc1)OC)N(C)C(=O)[C@@H](NC(=O)[C@H](C(C)C)N(C)C(=O)OCC(C)(C)SSC[C@@H](NC(=O)CC[C@H]1CC/C=C/[C@@H](O)CC1)C(=O)O)C(C)C. The van der Waals surface area contributed by atoms with E-state index >= 15 is 0 Å². The molecule has 1 aliphatic carbocycles. The van der Waals surface area contributed by atoms with Crippen LogP contribution in [0.2, 0.25) is 0 Å². The molecule has 3 rings (SSSR count). The fourth-order valence-corrected chi connectivity index (χ4v) is 13.2. The summed E-state index contributed by atoms with van der Waals surface area (Å²) in [5.74, 6) is -4.28. The molecule has 13 atom stereocenters. The number of rotatable bonds is 31. The van der Waals surface area contributed by atoms with Crippen LogP contribution in [0.4, 0.5) is 4.79 Å². The summed E-state index contributed by atoms with van der Waals surface area (Å²) in [5.41, 5.74) is 0.678. The van der Waals surface area contributed by atoms with E-state index in [1.165, 1.54) is 47.8 Å². The number of likely N-dealkylation sites (N-methyl/N-ethyl adjacent to an activating group) is 2. The molecular weight excluding hydrogens is 1050 g/mol. The molecule has 6 N–H and O–H groups in total. The van der Waals surface area contributed by atoms with Crippen LogP contribution in [0.25, 0.3) is 0 Å². The van der Waals surface area contributed by atoms with Gasteiger partial charge in [0.2, 0.25) is 29.5 Å². The molecule has 448 valence electrons. The lowest BCUT2D eigenvalue weighted by molar-refractivity contribution is -0.148. The number of aliphatic carboxylic acids is 1. The standard InChI is InChI=1S/C58H96N6O13S2/c1-15-37(6)50(45(75-13)32-47(67)64-31-21-26-44(64)52(76-14)38(7)53(69)59-39(8)51(68)41-23-17-16-18-24-41)62(11)55(71)48(35(2)3)61-54(70)49(36(4)5)63(12)57(74)77-34-58(9,10)79-78-33-43(56(72)73)60-46(66)30-28-40-22-19-20-25-42(65)29-27-40/h16-18,20,23-25,35-40,42-45,48-52,65,68H,15,19,21-22,26-34H2,1-14H3,(H,59,69)(H,60,66)(H,61,70)(H,72,73)/b25-20+/t37-,38+,39+,40-,42+,43+,44-,45+,48-,49-,50-,51+,52+/m0/s1. The summed E-state index contributed by atoms with van der Waals surface area (Å²) < 4.78 is 17.1. The molecule has 1 aliphatic heterocycles. The fourth-order valence-electron chi connectivity index (χ4n) is 10.6. The molecule has 0 radical (unpaired) electrons. The van der Waals surface area contributed by atoms with Crippen molar-refractivity contribution in [3.63, 3.8) is 0 Å². The number of carbonyl (C=O) groups is 7. The first-order valence-corrected chi connectivity index (χ1v) is 30.5. The molecular formula is C58H96N6O13S2. The van der Waals surface area contributed by atoms with E-state index in [4.69, 9.17) is 14.2 Å². The van der Waals surface area contributed by atoms with Crippen molar-refractivity contribution in [1.82, 2.24) is 30.7 Å². The van der Waals surface area contributed by atoms with Gasteiger partial charge in [-0.3, -0.25) is 28.9 Å². The van der Waals surface area contributed by atoms with Gasteiger partial charge in [-0.25, -0.2) is 9.59 Å². The number of carboxylic acids is 1. The Morgan fingerprint density at radius 3 is 2.13 bits per heavy atom. The number of carboxylic acid groups (broad SMARTS) is 1. The molecule has 19 nitrogen and oxygen atoms in total. The third kappa shape index (κ3) is 21.1. The number of hydrogen-bond donors (Lipinski definition) is 6. The minimum Gasteiger partial charge on any atom is -0.480 e. The van der Waals surface area contributed by atoms with Gasteiger partial charge in [0.15, 0.2) is 0 Å². The Balaban J connectivity index is 1.64. The number of nitrogens with zero attached hydrogens (tertiary/aromatic N) is 3. The van der Waals surface area contributed by atoms with Crippen molar-refractivity contribution in [2.45, 2.75) is 199 Å². The molecule has 1 saturated heterocycles. The second-order valence-electron chi connectivity index (χ2n) is 23.0. The molecule has 1 heterocycles. The zero-order chi connectivity index (χ0) is 59.3. The minimum atomic E-state index is -1.16. The van der Waals surface area contributed by atoms with Crippen LogP contribution in [0.3, 0.4) is 0 Å². The van der Waals surface area contributed by atoms with E-state index in [-0.39, 0.29) is 54.8 Å². The highest BCUT2D eigenvalue weighted by atomic mass is 33.1. The van der Waals surface area contributed by atoms with E-state index in [0.29, 0.717) is 44.2 Å². The lowest BCUT2D eigenvalue weighted by Crippen LogP contribution is -2.60. The van der Waals surface area contributed by atoms with E-state index in [0.717, 1.165) is 19.3 Å². The monoisotopic (exact) mass is 1150 g/mol. The molecule has 1 fully saturated rings. The molecule has 1 aromatic rings. The number of ether oxygens (including phenoxy) is 3. The van der Waals surface area contributed by atoms with E-state index in [1.807, 2.05) is 65.8 Å². The molecule has 0 unspecified atom stereocenters. The molecule has 6 amide bonds. The van der Waals surface area contributed by atoms with Crippen LogP contribution in [-0.2, 0) is 43.0 Å². The van der Waals surface area contributed by atoms with Gasteiger partial charge in [-0.2, -0.15) is 0 Å². The molecule has 21 heteroatoms. The van der Waals surface area contributed by atoms with Gasteiger partial charge in [-0.15, -0.1) is 0 Å². The van der Waals surface area contributed by atoms with Crippen molar-refractivity contribution in [3.8, 4) is 0 Å². The summed E-state index contributed by atoms with van der Waals surface area (Å²) in [6, 6.07) is 4.29. The number of nitrogens with one attached hydrogen (secondary N) is 3. The van der Waals surface area contributed by atoms with Crippen LogP contribution in [0.15, 0.2) is 42.5 Å². The van der Waals surface area contributed by atoms with Crippen molar-refractivity contribution < 1.29 is 63.1 Å².